The Balaban J connectivity index is 2.62. The van der Waals surface area contributed by atoms with Gasteiger partial charge in [-0.25, -0.2) is 0 Å². The van der Waals surface area contributed by atoms with Gasteiger partial charge in [0.25, 0.3) is 0 Å². The Morgan fingerprint density at radius 1 is 1.62 bits per heavy atom. The molecule has 0 atom stereocenters. The predicted molar refractivity (Wildman–Crippen MR) is 50.6 cm³/mol. The fourth-order valence-corrected chi connectivity index (χ4v) is 1.73. The highest BCUT2D eigenvalue weighted by Crippen LogP contribution is 2.22. The fraction of sp³-hybridized carbons (Fsp3) is 0.400. The molecule has 0 spiro atoms. The third-order valence-corrected chi connectivity index (χ3v) is 2.37. The Morgan fingerprint density at radius 2 is 2.38 bits per heavy atom. The van der Waals surface area contributed by atoms with Crippen molar-refractivity contribution >= 4 is 11.9 Å². The van der Waals surface area contributed by atoms with Gasteiger partial charge in [-0.2, -0.15) is 5.10 Å². The molecule has 3 nitrogen and oxygen atoms in total. The summed E-state index contributed by atoms with van der Waals surface area (Å²) in [6.45, 7) is 1.56. The van der Waals surface area contributed by atoms with E-state index in [-0.39, 0.29) is 5.78 Å². The van der Waals surface area contributed by atoms with Gasteiger partial charge in [0, 0.05) is 25.2 Å². The molecule has 13 heavy (non-hydrogen) atoms. The van der Waals surface area contributed by atoms with Crippen LogP contribution >= 0.6 is 0 Å². The molecule has 0 fully saturated rings. The summed E-state index contributed by atoms with van der Waals surface area (Å²) >= 11 is 0. The van der Waals surface area contributed by atoms with E-state index in [4.69, 9.17) is 0 Å². The predicted octanol–water partition coefficient (Wildman–Crippen LogP) is 1.58. The van der Waals surface area contributed by atoms with Gasteiger partial charge >= 0.3 is 0 Å². The number of carbonyl (C=O) groups is 1. The van der Waals surface area contributed by atoms with Crippen molar-refractivity contribution in [2.45, 2.75) is 19.8 Å². The SMILES string of the molecule is CC(=O)c1nn(C)c2c1C=CCC2. The summed E-state index contributed by atoms with van der Waals surface area (Å²) in [6.07, 6.45) is 6.13. The van der Waals surface area contributed by atoms with Crippen molar-refractivity contribution in [1.82, 2.24) is 9.78 Å². The Bertz CT molecular complexity index is 388. The fourth-order valence-electron chi connectivity index (χ4n) is 1.73. The second kappa shape index (κ2) is 2.83. The minimum atomic E-state index is 0.0448. The highest BCUT2D eigenvalue weighted by molar-refractivity contribution is 5.96. The average molecular weight is 176 g/mol. The van der Waals surface area contributed by atoms with Crippen LogP contribution in [0.5, 0.6) is 0 Å². The van der Waals surface area contributed by atoms with Crippen molar-refractivity contribution in [3.8, 4) is 0 Å². The zero-order valence-corrected chi connectivity index (χ0v) is 7.87. The Kier molecular flexibility index (Phi) is 1.79. The molecule has 1 aromatic heterocycles. The molecule has 0 aliphatic heterocycles. The third-order valence-electron chi connectivity index (χ3n) is 2.37. The number of Topliss-reactive ketones (excluding diaryl/α,β-unsaturated/α-hetero) is 1. The van der Waals surface area contributed by atoms with Crippen molar-refractivity contribution in [1.29, 1.82) is 0 Å². The molecule has 1 aliphatic carbocycles. The lowest BCUT2D eigenvalue weighted by Crippen LogP contribution is -2.00. The molecule has 1 aliphatic rings. The topological polar surface area (TPSA) is 34.9 Å². The van der Waals surface area contributed by atoms with E-state index in [9.17, 15) is 4.79 Å². The van der Waals surface area contributed by atoms with E-state index >= 15 is 0 Å². The van der Waals surface area contributed by atoms with Gasteiger partial charge in [-0.15, -0.1) is 0 Å². The maximum absolute atomic E-state index is 11.2. The molecule has 3 heteroatoms. The normalized spacial score (nSPS) is 14.3. The van der Waals surface area contributed by atoms with Crippen LogP contribution in [0, 0.1) is 0 Å². The van der Waals surface area contributed by atoms with Gasteiger partial charge in [-0.3, -0.25) is 9.48 Å². The van der Waals surface area contributed by atoms with E-state index in [0.29, 0.717) is 5.69 Å². The minimum absolute atomic E-state index is 0.0448. The van der Waals surface area contributed by atoms with Crippen LogP contribution < -0.4 is 0 Å². The molecule has 1 aromatic rings. The van der Waals surface area contributed by atoms with Gasteiger partial charge in [0.05, 0.1) is 0 Å². The lowest BCUT2D eigenvalue weighted by Gasteiger charge is -2.05. The average Bonchev–Trinajstić information content (AvgIpc) is 2.45. The molecule has 0 aromatic carbocycles. The molecule has 0 unspecified atom stereocenters. The standard InChI is InChI=1S/C10H12N2O/c1-7(13)10-8-5-3-4-6-9(8)12(2)11-10/h3,5H,4,6H2,1-2H3. The molecule has 0 saturated carbocycles. The quantitative estimate of drug-likeness (QED) is 0.609. The first-order chi connectivity index (χ1) is 6.20. The van der Waals surface area contributed by atoms with Crippen molar-refractivity contribution in [2.24, 2.45) is 7.05 Å². The molecule has 0 amide bonds. The van der Waals surface area contributed by atoms with Crippen LogP contribution in [0.15, 0.2) is 6.08 Å². The number of fused-ring (bicyclic) bond motifs is 1. The second-order valence-electron chi connectivity index (χ2n) is 3.33. The largest absolute Gasteiger partial charge is 0.293 e. The van der Waals surface area contributed by atoms with E-state index in [0.717, 1.165) is 18.4 Å². The molecule has 68 valence electrons. The summed E-state index contributed by atoms with van der Waals surface area (Å²) < 4.78 is 1.82. The van der Waals surface area contributed by atoms with Gasteiger partial charge in [-0.1, -0.05) is 12.2 Å². The van der Waals surface area contributed by atoms with Gasteiger partial charge in [0.2, 0.25) is 0 Å². The maximum Gasteiger partial charge on any atom is 0.180 e. The molecule has 0 saturated heterocycles. The number of allylic oxidation sites excluding steroid dienone is 1. The molecular formula is C10H12N2O. The van der Waals surface area contributed by atoms with Crippen LogP contribution in [-0.2, 0) is 13.5 Å². The van der Waals surface area contributed by atoms with E-state index in [2.05, 4.69) is 11.2 Å². The first-order valence-corrected chi connectivity index (χ1v) is 4.43. The molecule has 2 rings (SSSR count). The van der Waals surface area contributed by atoms with Gasteiger partial charge < -0.3 is 0 Å². The van der Waals surface area contributed by atoms with E-state index in [1.54, 1.807) is 6.92 Å². The molecule has 1 heterocycles. The number of ketones is 1. The van der Waals surface area contributed by atoms with Crippen molar-refractivity contribution < 1.29 is 4.79 Å². The highest BCUT2D eigenvalue weighted by Gasteiger charge is 2.18. The van der Waals surface area contributed by atoms with Crippen LogP contribution in [0.2, 0.25) is 0 Å². The molecule has 0 N–H and O–H groups in total. The second-order valence-corrected chi connectivity index (χ2v) is 3.33. The van der Waals surface area contributed by atoms with Crippen LogP contribution in [0.4, 0.5) is 0 Å². The summed E-state index contributed by atoms with van der Waals surface area (Å²) in [5.74, 6) is 0.0448. The first kappa shape index (κ1) is 8.23. The van der Waals surface area contributed by atoms with Crippen LogP contribution in [0.3, 0.4) is 0 Å². The highest BCUT2D eigenvalue weighted by atomic mass is 16.1. The summed E-state index contributed by atoms with van der Waals surface area (Å²) in [5.41, 5.74) is 2.79. The van der Waals surface area contributed by atoms with Gasteiger partial charge in [0.1, 0.15) is 5.69 Å². The number of rotatable bonds is 1. The third kappa shape index (κ3) is 1.20. The van der Waals surface area contributed by atoms with Crippen molar-refractivity contribution in [2.75, 3.05) is 0 Å². The van der Waals surface area contributed by atoms with Crippen LogP contribution in [0.1, 0.15) is 35.1 Å². The van der Waals surface area contributed by atoms with Crippen LogP contribution in [0.25, 0.3) is 6.08 Å². The van der Waals surface area contributed by atoms with Crippen molar-refractivity contribution in [3.63, 3.8) is 0 Å². The summed E-state index contributed by atoms with van der Waals surface area (Å²) in [4.78, 5) is 11.2. The van der Waals surface area contributed by atoms with Crippen LogP contribution in [-0.4, -0.2) is 15.6 Å². The lowest BCUT2D eigenvalue weighted by atomic mass is 10.0. The van der Waals surface area contributed by atoms with Gasteiger partial charge in [0.15, 0.2) is 5.78 Å². The summed E-state index contributed by atoms with van der Waals surface area (Å²) in [6, 6.07) is 0. The minimum Gasteiger partial charge on any atom is -0.293 e. The number of hydrogen-bond donors (Lipinski definition) is 0. The number of aryl methyl sites for hydroxylation is 1. The summed E-state index contributed by atoms with van der Waals surface area (Å²) in [7, 11) is 1.89. The van der Waals surface area contributed by atoms with Crippen molar-refractivity contribution in [3.05, 3.63) is 23.0 Å². The zero-order chi connectivity index (χ0) is 9.42. The number of nitrogens with zero attached hydrogens (tertiary/aromatic N) is 2. The number of aromatic nitrogens is 2. The Labute approximate surface area is 77.1 Å². The van der Waals surface area contributed by atoms with Gasteiger partial charge in [-0.05, 0) is 12.8 Å². The molecular weight excluding hydrogens is 164 g/mol. The monoisotopic (exact) mass is 176 g/mol. The smallest absolute Gasteiger partial charge is 0.180 e. The van der Waals surface area contributed by atoms with E-state index in [1.165, 1.54) is 5.69 Å². The summed E-state index contributed by atoms with van der Waals surface area (Å²) in [5, 5.41) is 4.21. The van der Waals surface area contributed by atoms with E-state index in [1.807, 2.05) is 17.8 Å². The Hall–Kier alpha value is -1.38. The Morgan fingerprint density at radius 3 is 3.08 bits per heavy atom. The maximum atomic E-state index is 11.2. The lowest BCUT2D eigenvalue weighted by molar-refractivity contribution is 0.101. The molecule has 0 radical (unpaired) electrons. The number of carbonyl (C=O) groups excluding carboxylic acids is 1. The number of hydrogen-bond acceptors (Lipinski definition) is 2. The zero-order valence-electron chi connectivity index (χ0n) is 7.87. The van der Waals surface area contributed by atoms with E-state index < -0.39 is 0 Å². The first-order valence-electron chi connectivity index (χ1n) is 4.43. The molecule has 0 bridgehead atoms.